The molecule has 1 rings (SSSR count). The average molecular weight is 213 g/mol. The minimum absolute atomic E-state index is 0.428. The van der Waals surface area contributed by atoms with Crippen LogP contribution < -0.4 is 4.74 Å². The molecule has 0 saturated heterocycles. The van der Waals surface area contributed by atoms with Crippen LogP contribution in [0.25, 0.3) is 0 Å². The highest BCUT2D eigenvalue weighted by Crippen LogP contribution is 2.18. The summed E-state index contributed by atoms with van der Waals surface area (Å²) < 4.78 is 10.5. The van der Waals surface area contributed by atoms with Gasteiger partial charge in [0.25, 0.3) is 0 Å². The van der Waals surface area contributed by atoms with Crippen molar-refractivity contribution in [1.82, 2.24) is 4.98 Å². The van der Waals surface area contributed by atoms with E-state index in [4.69, 9.17) is 9.47 Å². The number of nitrogens with zero attached hydrogens (tertiary/aromatic N) is 1. The van der Waals surface area contributed by atoms with Crippen molar-refractivity contribution in [2.75, 3.05) is 7.11 Å². The Morgan fingerprint density at radius 3 is 2.71 bits per heavy atom. The summed E-state index contributed by atoms with van der Waals surface area (Å²) in [6.07, 6.45) is 3.41. The van der Waals surface area contributed by atoms with Gasteiger partial charge in [-0.15, -0.1) is 12.6 Å². The Hall–Kier alpha value is -0.740. The number of rotatable bonds is 4. The van der Waals surface area contributed by atoms with Crippen LogP contribution in [0.3, 0.4) is 0 Å². The van der Waals surface area contributed by atoms with Gasteiger partial charge in [-0.25, -0.2) is 0 Å². The maximum Gasteiger partial charge on any atom is 0.137 e. The van der Waals surface area contributed by atoms with Crippen molar-refractivity contribution in [2.45, 2.75) is 25.4 Å². The zero-order chi connectivity index (χ0) is 10.6. The monoisotopic (exact) mass is 213 g/mol. The van der Waals surface area contributed by atoms with Crippen molar-refractivity contribution in [2.24, 2.45) is 0 Å². The Kier molecular flexibility index (Phi) is 3.77. The summed E-state index contributed by atoms with van der Waals surface area (Å²) >= 11 is 4.26. The lowest BCUT2D eigenvalue weighted by Crippen LogP contribution is -2.15. The quantitative estimate of drug-likeness (QED) is 0.615. The molecule has 0 saturated carbocycles. The van der Waals surface area contributed by atoms with Crippen LogP contribution in [-0.2, 0) is 11.3 Å². The molecule has 1 aromatic rings. The SMILES string of the molecule is COc1cncc(COC(C)(C)S)c1. The summed E-state index contributed by atoms with van der Waals surface area (Å²) in [4.78, 5) is 3.60. The van der Waals surface area contributed by atoms with Crippen molar-refractivity contribution in [1.29, 1.82) is 0 Å². The first kappa shape index (κ1) is 11.3. The largest absolute Gasteiger partial charge is 0.495 e. The summed E-state index contributed by atoms with van der Waals surface area (Å²) in [6.45, 7) is 4.27. The second-order valence-electron chi connectivity index (χ2n) is 3.47. The fraction of sp³-hybridized carbons (Fsp3) is 0.500. The van der Waals surface area contributed by atoms with E-state index in [0.717, 1.165) is 11.3 Å². The van der Waals surface area contributed by atoms with Crippen LogP contribution in [0, 0.1) is 0 Å². The number of pyridine rings is 1. The van der Waals surface area contributed by atoms with Crippen LogP contribution in [-0.4, -0.2) is 17.0 Å². The molecular weight excluding hydrogens is 198 g/mol. The predicted octanol–water partition coefficient (Wildman–Crippen LogP) is 2.27. The molecule has 14 heavy (non-hydrogen) atoms. The maximum absolute atomic E-state index is 5.48. The van der Waals surface area contributed by atoms with Crippen molar-refractivity contribution >= 4 is 12.6 Å². The van der Waals surface area contributed by atoms with Crippen LogP contribution in [0.4, 0.5) is 0 Å². The highest BCUT2D eigenvalue weighted by Gasteiger charge is 2.11. The number of hydrogen-bond acceptors (Lipinski definition) is 4. The first-order valence-corrected chi connectivity index (χ1v) is 4.80. The summed E-state index contributed by atoms with van der Waals surface area (Å²) in [5.41, 5.74) is 0.978. The number of ether oxygens (including phenoxy) is 2. The average Bonchev–Trinajstić information content (AvgIpc) is 2.14. The lowest BCUT2D eigenvalue weighted by molar-refractivity contribution is 0.0409. The van der Waals surface area contributed by atoms with E-state index in [-0.39, 0.29) is 0 Å². The Morgan fingerprint density at radius 2 is 2.14 bits per heavy atom. The van der Waals surface area contributed by atoms with Gasteiger partial charge < -0.3 is 9.47 Å². The van der Waals surface area contributed by atoms with Crippen LogP contribution in [0.15, 0.2) is 18.5 Å². The Labute approximate surface area is 89.9 Å². The van der Waals surface area contributed by atoms with Gasteiger partial charge >= 0.3 is 0 Å². The fourth-order valence-electron chi connectivity index (χ4n) is 0.914. The minimum atomic E-state index is -0.428. The second kappa shape index (κ2) is 4.66. The molecule has 0 fully saturated rings. The van der Waals surface area contributed by atoms with E-state index in [9.17, 15) is 0 Å². The molecule has 0 aliphatic carbocycles. The molecular formula is C10H15NO2S. The summed E-state index contributed by atoms with van der Waals surface area (Å²) in [6, 6.07) is 1.90. The molecule has 78 valence electrons. The van der Waals surface area contributed by atoms with E-state index in [0.29, 0.717) is 6.61 Å². The predicted molar refractivity (Wildman–Crippen MR) is 58.6 cm³/mol. The Bertz CT molecular complexity index is 296. The van der Waals surface area contributed by atoms with Gasteiger partial charge in [0.1, 0.15) is 10.7 Å². The van der Waals surface area contributed by atoms with Gasteiger partial charge in [-0.2, -0.15) is 0 Å². The molecule has 1 aromatic heterocycles. The van der Waals surface area contributed by atoms with Crippen molar-refractivity contribution in [3.63, 3.8) is 0 Å². The third-order valence-corrected chi connectivity index (χ3v) is 1.73. The normalized spacial score (nSPS) is 11.4. The van der Waals surface area contributed by atoms with Gasteiger partial charge in [0.2, 0.25) is 0 Å². The third-order valence-electron chi connectivity index (χ3n) is 1.60. The van der Waals surface area contributed by atoms with Crippen LogP contribution in [0.5, 0.6) is 5.75 Å². The highest BCUT2D eigenvalue weighted by molar-refractivity contribution is 7.81. The van der Waals surface area contributed by atoms with Crippen molar-refractivity contribution in [3.8, 4) is 5.75 Å². The van der Waals surface area contributed by atoms with Crippen LogP contribution in [0.2, 0.25) is 0 Å². The summed E-state index contributed by atoms with van der Waals surface area (Å²) in [5.74, 6) is 0.739. The Balaban J connectivity index is 2.59. The zero-order valence-corrected chi connectivity index (χ0v) is 9.54. The topological polar surface area (TPSA) is 31.4 Å². The molecule has 0 aromatic carbocycles. The van der Waals surface area contributed by atoms with Crippen molar-refractivity contribution in [3.05, 3.63) is 24.0 Å². The van der Waals surface area contributed by atoms with Crippen molar-refractivity contribution < 1.29 is 9.47 Å². The zero-order valence-electron chi connectivity index (χ0n) is 8.65. The first-order chi connectivity index (χ1) is 6.51. The second-order valence-corrected chi connectivity index (χ2v) is 4.55. The van der Waals surface area contributed by atoms with E-state index in [1.807, 2.05) is 19.9 Å². The minimum Gasteiger partial charge on any atom is -0.495 e. The standard InChI is InChI=1S/C10H15NO2S/c1-10(2,14)13-7-8-4-9(12-3)6-11-5-8/h4-6,14H,7H2,1-3H3. The van der Waals surface area contributed by atoms with Gasteiger partial charge in [0, 0.05) is 6.20 Å². The van der Waals surface area contributed by atoms with E-state index >= 15 is 0 Å². The van der Waals surface area contributed by atoms with E-state index in [1.54, 1.807) is 19.5 Å². The number of aromatic nitrogens is 1. The van der Waals surface area contributed by atoms with Gasteiger partial charge in [0.15, 0.2) is 0 Å². The van der Waals surface area contributed by atoms with Gasteiger partial charge in [-0.3, -0.25) is 4.98 Å². The molecule has 0 aliphatic rings. The smallest absolute Gasteiger partial charge is 0.137 e. The molecule has 4 heteroatoms. The number of thiol groups is 1. The van der Waals surface area contributed by atoms with Crippen LogP contribution >= 0.6 is 12.6 Å². The summed E-state index contributed by atoms with van der Waals surface area (Å²) in [7, 11) is 1.62. The highest BCUT2D eigenvalue weighted by atomic mass is 32.1. The molecule has 3 nitrogen and oxygen atoms in total. The summed E-state index contributed by atoms with van der Waals surface area (Å²) in [5, 5.41) is 0. The maximum atomic E-state index is 5.48. The number of hydrogen-bond donors (Lipinski definition) is 1. The number of methoxy groups -OCH3 is 1. The molecule has 1 heterocycles. The lowest BCUT2D eigenvalue weighted by atomic mass is 10.3. The third kappa shape index (κ3) is 3.98. The molecule has 0 spiro atoms. The van der Waals surface area contributed by atoms with E-state index in [1.165, 1.54) is 0 Å². The molecule has 0 unspecified atom stereocenters. The molecule has 0 amide bonds. The lowest BCUT2D eigenvalue weighted by Gasteiger charge is -2.18. The van der Waals surface area contributed by atoms with Gasteiger partial charge in [-0.1, -0.05) is 0 Å². The molecule has 0 radical (unpaired) electrons. The molecule has 0 aliphatic heterocycles. The van der Waals surface area contributed by atoms with E-state index in [2.05, 4.69) is 17.6 Å². The Morgan fingerprint density at radius 1 is 1.43 bits per heavy atom. The van der Waals surface area contributed by atoms with Crippen LogP contribution in [0.1, 0.15) is 19.4 Å². The van der Waals surface area contributed by atoms with E-state index < -0.39 is 4.93 Å². The fourth-order valence-corrected chi connectivity index (χ4v) is 0.979. The first-order valence-electron chi connectivity index (χ1n) is 4.35. The molecule has 0 bridgehead atoms. The molecule has 0 atom stereocenters. The van der Waals surface area contributed by atoms with Gasteiger partial charge in [0.05, 0.1) is 19.9 Å². The molecule has 0 N–H and O–H groups in total. The van der Waals surface area contributed by atoms with Gasteiger partial charge in [-0.05, 0) is 25.5 Å².